The molecule has 1 aliphatic heterocycles. The molecular formula is C24H21FN4O4. The topological polar surface area (TPSA) is 91.8 Å². The van der Waals surface area contributed by atoms with Gasteiger partial charge in [-0.2, -0.15) is 0 Å². The van der Waals surface area contributed by atoms with Gasteiger partial charge in [-0.25, -0.2) is 14.1 Å². The van der Waals surface area contributed by atoms with Gasteiger partial charge in [0.1, 0.15) is 17.6 Å². The molecule has 2 heterocycles. The fourth-order valence-corrected chi connectivity index (χ4v) is 3.59. The molecule has 0 bridgehead atoms. The lowest BCUT2D eigenvalue weighted by atomic mass is 10.1. The Hall–Kier alpha value is -4.27. The van der Waals surface area contributed by atoms with Gasteiger partial charge in [0.05, 0.1) is 19.2 Å². The second-order valence-electron chi connectivity index (χ2n) is 7.42. The Morgan fingerprint density at radius 2 is 1.82 bits per heavy atom. The number of methoxy groups -OCH3 is 1. The molecule has 1 atom stereocenters. The molecule has 168 valence electrons. The maximum absolute atomic E-state index is 13.4. The molecule has 0 saturated carbocycles. The number of ether oxygens (including phenoxy) is 1. The highest BCUT2D eigenvalue weighted by atomic mass is 19.1. The third kappa shape index (κ3) is 4.82. The third-order valence-electron chi connectivity index (χ3n) is 5.23. The number of benzene rings is 2. The summed E-state index contributed by atoms with van der Waals surface area (Å²) in [5, 5.41) is 2.74. The minimum Gasteiger partial charge on any atom is -0.497 e. The Morgan fingerprint density at radius 3 is 2.45 bits per heavy atom. The lowest BCUT2D eigenvalue weighted by Gasteiger charge is -2.21. The smallest absolute Gasteiger partial charge is 0.332 e. The molecule has 1 aliphatic rings. The van der Waals surface area contributed by atoms with E-state index in [0.717, 1.165) is 4.90 Å². The minimum atomic E-state index is -1.03. The van der Waals surface area contributed by atoms with Gasteiger partial charge in [-0.15, -0.1) is 0 Å². The van der Waals surface area contributed by atoms with Crippen molar-refractivity contribution in [3.8, 4) is 5.75 Å². The summed E-state index contributed by atoms with van der Waals surface area (Å²) >= 11 is 0. The van der Waals surface area contributed by atoms with Crippen LogP contribution in [0, 0.1) is 5.82 Å². The number of pyridine rings is 1. The summed E-state index contributed by atoms with van der Waals surface area (Å²) in [5.41, 5.74) is 1.48. The van der Waals surface area contributed by atoms with Crippen LogP contribution in [0.1, 0.15) is 12.0 Å². The quantitative estimate of drug-likeness (QED) is 0.558. The number of imide groups is 1. The van der Waals surface area contributed by atoms with Crippen LogP contribution in [0.15, 0.2) is 73.1 Å². The Balaban J connectivity index is 1.57. The van der Waals surface area contributed by atoms with Crippen molar-refractivity contribution in [1.82, 2.24) is 9.88 Å². The van der Waals surface area contributed by atoms with Crippen LogP contribution in [0.4, 0.5) is 20.6 Å². The number of nitrogens with one attached hydrogen (secondary N) is 1. The molecule has 2 aromatic carbocycles. The molecule has 0 radical (unpaired) electrons. The first kappa shape index (κ1) is 21.9. The summed E-state index contributed by atoms with van der Waals surface area (Å²) in [6.45, 7) is 0.0938. The van der Waals surface area contributed by atoms with E-state index in [9.17, 15) is 18.8 Å². The van der Waals surface area contributed by atoms with Gasteiger partial charge in [0.25, 0.3) is 5.91 Å². The van der Waals surface area contributed by atoms with Crippen molar-refractivity contribution in [2.75, 3.05) is 17.3 Å². The lowest BCUT2D eigenvalue weighted by molar-refractivity contribution is -0.124. The van der Waals surface area contributed by atoms with Crippen LogP contribution in [-0.2, 0) is 16.1 Å². The molecule has 33 heavy (non-hydrogen) atoms. The zero-order chi connectivity index (χ0) is 23.4. The minimum absolute atomic E-state index is 0.0938. The van der Waals surface area contributed by atoms with E-state index in [1.54, 1.807) is 55.9 Å². The summed E-state index contributed by atoms with van der Waals surface area (Å²) in [5.74, 6) is -0.827. The highest BCUT2D eigenvalue weighted by molar-refractivity contribution is 6.22. The van der Waals surface area contributed by atoms with Crippen LogP contribution in [0.2, 0.25) is 0 Å². The van der Waals surface area contributed by atoms with E-state index < -0.39 is 29.7 Å². The third-order valence-corrected chi connectivity index (χ3v) is 5.23. The first-order valence-corrected chi connectivity index (χ1v) is 10.2. The standard InChI is InChI=1S/C24H21FN4O4/c1-33-20-10-6-18(7-11-20)27-22(30)13-21-23(31)29(19-8-4-17(25)5-9-19)24(32)28(21)15-16-3-2-12-26-14-16/h2-12,14,21H,13,15H2,1H3,(H,27,30)/t21-/m0/s1. The predicted molar refractivity (Wildman–Crippen MR) is 119 cm³/mol. The molecule has 8 nitrogen and oxygen atoms in total. The average molecular weight is 448 g/mol. The van der Waals surface area contributed by atoms with Gasteiger partial charge in [0.2, 0.25) is 5.91 Å². The summed E-state index contributed by atoms with van der Waals surface area (Å²) in [4.78, 5) is 45.5. The number of anilines is 2. The fourth-order valence-electron chi connectivity index (χ4n) is 3.59. The van der Waals surface area contributed by atoms with Gasteiger partial charge in [0, 0.05) is 24.6 Å². The van der Waals surface area contributed by atoms with E-state index >= 15 is 0 Å². The number of halogens is 1. The van der Waals surface area contributed by atoms with E-state index in [-0.39, 0.29) is 18.7 Å². The van der Waals surface area contributed by atoms with E-state index in [4.69, 9.17) is 4.74 Å². The molecule has 4 rings (SSSR count). The zero-order valence-corrected chi connectivity index (χ0v) is 17.8. The monoisotopic (exact) mass is 448 g/mol. The van der Waals surface area contributed by atoms with E-state index in [1.807, 2.05) is 0 Å². The molecular weight excluding hydrogens is 427 g/mol. The highest BCUT2D eigenvalue weighted by Gasteiger charge is 2.46. The SMILES string of the molecule is COc1ccc(NC(=O)C[C@H]2C(=O)N(c3ccc(F)cc3)C(=O)N2Cc2cccnc2)cc1. The molecule has 3 aromatic rings. The number of amides is 4. The van der Waals surface area contributed by atoms with Gasteiger partial charge < -0.3 is 15.0 Å². The van der Waals surface area contributed by atoms with E-state index in [0.29, 0.717) is 17.0 Å². The second-order valence-corrected chi connectivity index (χ2v) is 7.42. The molecule has 4 amide bonds. The summed E-state index contributed by atoms with van der Waals surface area (Å²) < 4.78 is 18.5. The molecule has 1 fully saturated rings. The van der Waals surface area contributed by atoms with Crippen LogP contribution in [0.3, 0.4) is 0 Å². The van der Waals surface area contributed by atoms with Gasteiger partial charge in [-0.05, 0) is 60.2 Å². The lowest BCUT2D eigenvalue weighted by Crippen LogP contribution is -2.37. The predicted octanol–water partition coefficient (Wildman–Crippen LogP) is 3.60. The number of hydrogen-bond donors (Lipinski definition) is 1. The first-order chi connectivity index (χ1) is 16.0. The van der Waals surface area contributed by atoms with Gasteiger partial charge in [0.15, 0.2) is 0 Å². The number of aromatic nitrogens is 1. The van der Waals surface area contributed by atoms with Gasteiger partial charge in [-0.3, -0.25) is 14.6 Å². The maximum atomic E-state index is 13.4. The fraction of sp³-hybridized carbons (Fsp3) is 0.167. The molecule has 1 saturated heterocycles. The molecule has 0 aliphatic carbocycles. The van der Waals surface area contributed by atoms with Gasteiger partial charge >= 0.3 is 6.03 Å². The number of urea groups is 1. The second kappa shape index (κ2) is 9.47. The van der Waals surface area contributed by atoms with Crippen molar-refractivity contribution in [2.24, 2.45) is 0 Å². The summed E-state index contributed by atoms with van der Waals surface area (Å²) in [7, 11) is 1.54. The van der Waals surface area contributed by atoms with E-state index in [2.05, 4.69) is 10.3 Å². The number of nitrogens with zero attached hydrogens (tertiary/aromatic N) is 3. The molecule has 0 unspecified atom stereocenters. The molecule has 1 aromatic heterocycles. The molecule has 9 heteroatoms. The van der Waals surface area contributed by atoms with Crippen molar-refractivity contribution < 1.29 is 23.5 Å². The normalized spacial score (nSPS) is 15.6. The van der Waals surface area contributed by atoms with E-state index in [1.165, 1.54) is 29.2 Å². The van der Waals surface area contributed by atoms with Gasteiger partial charge in [-0.1, -0.05) is 6.07 Å². The summed E-state index contributed by atoms with van der Waals surface area (Å²) in [6, 6.07) is 13.7. The van der Waals surface area contributed by atoms with Crippen molar-refractivity contribution >= 4 is 29.2 Å². The van der Waals surface area contributed by atoms with Crippen LogP contribution >= 0.6 is 0 Å². The van der Waals surface area contributed by atoms with Crippen LogP contribution in [0.25, 0.3) is 0 Å². The number of carbonyl (C=O) groups is 3. The largest absolute Gasteiger partial charge is 0.497 e. The Bertz CT molecular complexity index is 1150. The van der Waals surface area contributed by atoms with Crippen molar-refractivity contribution in [1.29, 1.82) is 0 Å². The molecule has 1 N–H and O–H groups in total. The Morgan fingerprint density at radius 1 is 1.09 bits per heavy atom. The number of carbonyl (C=O) groups excluding carboxylic acids is 3. The first-order valence-electron chi connectivity index (χ1n) is 10.2. The summed E-state index contributed by atoms with van der Waals surface area (Å²) in [6.07, 6.45) is 2.95. The van der Waals surface area contributed by atoms with Crippen LogP contribution in [-0.4, -0.2) is 40.9 Å². The van der Waals surface area contributed by atoms with Crippen LogP contribution in [0.5, 0.6) is 5.75 Å². The Labute approximate surface area is 189 Å². The highest BCUT2D eigenvalue weighted by Crippen LogP contribution is 2.29. The molecule has 0 spiro atoms. The number of rotatable bonds is 7. The van der Waals surface area contributed by atoms with Crippen molar-refractivity contribution in [3.05, 3.63) is 84.4 Å². The Kier molecular flexibility index (Phi) is 6.30. The number of hydrogen-bond acceptors (Lipinski definition) is 5. The zero-order valence-electron chi connectivity index (χ0n) is 17.8. The maximum Gasteiger partial charge on any atom is 0.332 e. The van der Waals surface area contributed by atoms with Crippen molar-refractivity contribution in [3.63, 3.8) is 0 Å². The average Bonchev–Trinajstić information content (AvgIpc) is 3.05. The van der Waals surface area contributed by atoms with Crippen LogP contribution < -0.4 is 15.0 Å². The van der Waals surface area contributed by atoms with Crippen molar-refractivity contribution in [2.45, 2.75) is 19.0 Å².